The van der Waals surface area contributed by atoms with Gasteiger partial charge in [0.2, 0.25) is 0 Å². The van der Waals surface area contributed by atoms with Crippen LogP contribution in [-0.4, -0.2) is 37.7 Å². The van der Waals surface area contributed by atoms with Crippen molar-refractivity contribution in [3.63, 3.8) is 0 Å². The van der Waals surface area contributed by atoms with Gasteiger partial charge in [0.25, 0.3) is 0 Å². The molecule has 15 heavy (non-hydrogen) atoms. The lowest BCUT2D eigenvalue weighted by atomic mass is 9.99. The van der Waals surface area contributed by atoms with Gasteiger partial charge in [-0.3, -0.25) is 0 Å². The highest BCUT2D eigenvalue weighted by Crippen LogP contribution is 2.16. The monoisotopic (exact) mass is 210 g/mol. The van der Waals surface area contributed by atoms with E-state index < -0.39 is 0 Å². The third-order valence-electron chi connectivity index (χ3n) is 3.06. The van der Waals surface area contributed by atoms with E-state index in [4.69, 9.17) is 10.00 Å². The molecule has 0 bridgehead atoms. The molecule has 0 aromatic carbocycles. The molecule has 1 heterocycles. The van der Waals surface area contributed by atoms with E-state index in [0.717, 1.165) is 38.8 Å². The van der Waals surface area contributed by atoms with E-state index in [0.29, 0.717) is 0 Å². The summed E-state index contributed by atoms with van der Waals surface area (Å²) in [5, 5.41) is 8.79. The highest BCUT2D eigenvalue weighted by molar-refractivity contribution is 4.82. The Balaban J connectivity index is 2.29. The van der Waals surface area contributed by atoms with E-state index in [9.17, 15) is 0 Å². The molecule has 3 nitrogen and oxygen atoms in total. The van der Waals surface area contributed by atoms with E-state index in [1.54, 1.807) is 0 Å². The minimum absolute atomic E-state index is 0.143. The van der Waals surface area contributed by atoms with Crippen LogP contribution in [0.3, 0.4) is 0 Å². The SMILES string of the molecule is CCN(CC(C)C#N)CC1CCOCC1. The first-order chi connectivity index (χ1) is 7.26. The molecule has 0 spiro atoms. The minimum Gasteiger partial charge on any atom is -0.381 e. The molecule has 1 fully saturated rings. The zero-order valence-corrected chi connectivity index (χ0v) is 9.91. The second-order valence-corrected chi connectivity index (χ2v) is 4.44. The second-order valence-electron chi connectivity index (χ2n) is 4.44. The molecule has 1 aliphatic rings. The topological polar surface area (TPSA) is 36.3 Å². The number of hydrogen-bond acceptors (Lipinski definition) is 3. The molecule has 0 aromatic rings. The number of rotatable bonds is 5. The molecule has 1 saturated heterocycles. The molecule has 0 aliphatic carbocycles. The fraction of sp³-hybridized carbons (Fsp3) is 0.917. The van der Waals surface area contributed by atoms with Gasteiger partial charge in [0.15, 0.2) is 0 Å². The zero-order valence-electron chi connectivity index (χ0n) is 9.91. The van der Waals surface area contributed by atoms with Crippen LogP contribution in [0.15, 0.2) is 0 Å². The maximum Gasteiger partial charge on any atom is 0.0666 e. The first kappa shape index (κ1) is 12.5. The van der Waals surface area contributed by atoms with Crippen LogP contribution in [0.5, 0.6) is 0 Å². The van der Waals surface area contributed by atoms with Crippen molar-refractivity contribution in [3.8, 4) is 6.07 Å². The van der Waals surface area contributed by atoms with Crippen LogP contribution in [0.2, 0.25) is 0 Å². The Morgan fingerprint density at radius 3 is 2.67 bits per heavy atom. The number of nitrogens with zero attached hydrogens (tertiary/aromatic N) is 2. The molecule has 3 heteroatoms. The summed E-state index contributed by atoms with van der Waals surface area (Å²) in [6.07, 6.45) is 2.36. The summed E-state index contributed by atoms with van der Waals surface area (Å²) in [5.41, 5.74) is 0. The van der Waals surface area contributed by atoms with E-state index in [-0.39, 0.29) is 5.92 Å². The highest BCUT2D eigenvalue weighted by atomic mass is 16.5. The molecule has 0 radical (unpaired) electrons. The Morgan fingerprint density at radius 1 is 1.47 bits per heavy atom. The summed E-state index contributed by atoms with van der Waals surface area (Å²) >= 11 is 0. The van der Waals surface area contributed by atoms with Crippen LogP contribution in [0, 0.1) is 23.2 Å². The summed E-state index contributed by atoms with van der Waals surface area (Å²) in [6, 6.07) is 2.30. The smallest absolute Gasteiger partial charge is 0.0666 e. The van der Waals surface area contributed by atoms with Gasteiger partial charge < -0.3 is 9.64 Å². The third kappa shape index (κ3) is 4.63. The van der Waals surface area contributed by atoms with E-state index >= 15 is 0 Å². The fourth-order valence-corrected chi connectivity index (χ4v) is 2.05. The molecule has 86 valence electrons. The molecular formula is C12H22N2O. The summed E-state index contributed by atoms with van der Waals surface area (Å²) < 4.78 is 5.35. The van der Waals surface area contributed by atoms with Gasteiger partial charge >= 0.3 is 0 Å². The van der Waals surface area contributed by atoms with Gasteiger partial charge in [0.1, 0.15) is 0 Å². The molecular weight excluding hydrogens is 188 g/mol. The summed E-state index contributed by atoms with van der Waals surface area (Å²) in [7, 11) is 0. The van der Waals surface area contributed by atoms with Crippen LogP contribution in [0.25, 0.3) is 0 Å². The standard InChI is InChI=1S/C12H22N2O/c1-3-14(9-11(2)8-13)10-12-4-6-15-7-5-12/h11-12H,3-7,9-10H2,1-2H3. The minimum atomic E-state index is 0.143. The van der Waals surface area contributed by atoms with Crippen LogP contribution < -0.4 is 0 Å². The van der Waals surface area contributed by atoms with E-state index in [2.05, 4.69) is 17.9 Å². The van der Waals surface area contributed by atoms with Gasteiger partial charge in [-0.1, -0.05) is 6.92 Å². The lowest BCUT2D eigenvalue weighted by Gasteiger charge is -2.29. The Morgan fingerprint density at radius 2 is 2.13 bits per heavy atom. The Bertz CT molecular complexity index is 206. The van der Waals surface area contributed by atoms with Crippen molar-refractivity contribution in [2.75, 3.05) is 32.8 Å². The van der Waals surface area contributed by atoms with Gasteiger partial charge in [0, 0.05) is 26.3 Å². The van der Waals surface area contributed by atoms with Crippen molar-refractivity contribution in [1.82, 2.24) is 4.90 Å². The number of hydrogen-bond donors (Lipinski definition) is 0. The molecule has 0 amide bonds. The molecule has 1 atom stereocenters. The summed E-state index contributed by atoms with van der Waals surface area (Å²) in [6.45, 7) is 9.07. The molecule has 0 saturated carbocycles. The normalized spacial score (nSPS) is 20.1. The van der Waals surface area contributed by atoms with Crippen LogP contribution in [0.1, 0.15) is 26.7 Å². The van der Waals surface area contributed by atoms with Crippen molar-refractivity contribution in [1.29, 1.82) is 5.26 Å². The predicted octanol–water partition coefficient (Wildman–Crippen LogP) is 1.89. The maximum atomic E-state index is 8.79. The van der Waals surface area contributed by atoms with Gasteiger partial charge in [-0.25, -0.2) is 0 Å². The van der Waals surface area contributed by atoms with Crippen LogP contribution >= 0.6 is 0 Å². The Kier molecular flexibility index (Phi) is 5.67. The van der Waals surface area contributed by atoms with Crippen LogP contribution in [-0.2, 0) is 4.74 Å². The lowest BCUT2D eigenvalue weighted by Crippen LogP contribution is -2.35. The quantitative estimate of drug-likeness (QED) is 0.695. The van der Waals surface area contributed by atoms with Crippen molar-refractivity contribution >= 4 is 0 Å². The van der Waals surface area contributed by atoms with Crippen LogP contribution in [0.4, 0.5) is 0 Å². The third-order valence-corrected chi connectivity index (χ3v) is 3.06. The largest absolute Gasteiger partial charge is 0.381 e. The average Bonchev–Trinajstić information content (AvgIpc) is 2.29. The van der Waals surface area contributed by atoms with Crippen molar-refractivity contribution in [2.45, 2.75) is 26.7 Å². The lowest BCUT2D eigenvalue weighted by molar-refractivity contribution is 0.0522. The Labute approximate surface area is 93.0 Å². The van der Waals surface area contributed by atoms with Crippen molar-refractivity contribution in [3.05, 3.63) is 0 Å². The fourth-order valence-electron chi connectivity index (χ4n) is 2.05. The molecule has 0 N–H and O–H groups in total. The number of nitriles is 1. The van der Waals surface area contributed by atoms with Gasteiger partial charge in [-0.2, -0.15) is 5.26 Å². The first-order valence-electron chi connectivity index (χ1n) is 5.96. The summed E-state index contributed by atoms with van der Waals surface area (Å²) in [4.78, 5) is 2.39. The molecule has 1 aliphatic heterocycles. The van der Waals surface area contributed by atoms with E-state index in [1.165, 1.54) is 12.8 Å². The second kappa shape index (κ2) is 6.81. The molecule has 0 aromatic heterocycles. The predicted molar refractivity (Wildman–Crippen MR) is 60.4 cm³/mol. The maximum absolute atomic E-state index is 8.79. The van der Waals surface area contributed by atoms with E-state index in [1.807, 2.05) is 6.92 Å². The van der Waals surface area contributed by atoms with Crippen molar-refractivity contribution < 1.29 is 4.74 Å². The van der Waals surface area contributed by atoms with Gasteiger partial charge in [0.05, 0.1) is 12.0 Å². The molecule has 1 unspecified atom stereocenters. The molecule has 1 rings (SSSR count). The summed E-state index contributed by atoms with van der Waals surface area (Å²) in [5.74, 6) is 0.911. The average molecular weight is 210 g/mol. The Hall–Kier alpha value is -0.590. The first-order valence-corrected chi connectivity index (χ1v) is 5.96. The zero-order chi connectivity index (χ0) is 11.1. The number of ether oxygens (including phenoxy) is 1. The van der Waals surface area contributed by atoms with Gasteiger partial charge in [-0.05, 0) is 32.2 Å². The van der Waals surface area contributed by atoms with Gasteiger partial charge in [-0.15, -0.1) is 0 Å². The van der Waals surface area contributed by atoms with Crippen molar-refractivity contribution in [2.24, 2.45) is 11.8 Å². The highest BCUT2D eigenvalue weighted by Gasteiger charge is 2.17.